The summed E-state index contributed by atoms with van der Waals surface area (Å²) >= 11 is 6.04. The highest BCUT2D eigenvalue weighted by Gasteiger charge is 2.27. The van der Waals surface area contributed by atoms with Gasteiger partial charge in [0.1, 0.15) is 0 Å². The van der Waals surface area contributed by atoms with Crippen LogP contribution in [0.2, 0.25) is 5.02 Å². The average Bonchev–Trinajstić information content (AvgIpc) is 2.64. The van der Waals surface area contributed by atoms with Crippen molar-refractivity contribution >= 4 is 33.2 Å². The molecule has 1 N–H and O–H groups in total. The summed E-state index contributed by atoms with van der Waals surface area (Å²) in [6.45, 7) is 0.432. The first-order chi connectivity index (χ1) is 12.0. The Morgan fingerprint density at radius 1 is 1.04 bits per heavy atom. The van der Waals surface area contributed by atoms with Gasteiger partial charge in [-0.2, -0.15) is 4.31 Å². The molecule has 0 bridgehead atoms. The Balaban J connectivity index is 1.70. The van der Waals surface area contributed by atoms with Crippen LogP contribution in [0, 0.1) is 0 Å². The molecule has 2 aromatic rings. The predicted octanol–water partition coefficient (Wildman–Crippen LogP) is 3.30. The summed E-state index contributed by atoms with van der Waals surface area (Å²) in [6, 6.07) is 15.3. The molecule has 0 aromatic heterocycles. The van der Waals surface area contributed by atoms with Gasteiger partial charge in [-0.25, -0.2) is 8.42 Å². The van der Waals surface area contributed by atoms with E-state index in [1.54, 1.807) is 60.7 Å². The molecule has 3 rings (SSSR count). The Hall–Kier alpha value is -2.15. The number of anilines is 1. The summed E-state index contributed by atoms with van der Waals surface area (Å²) in [4.78, 5) is 12.6. The molecule has 0 aliphatic carbocycles. The van der Waals surface area contributed by atoms with Crippen LogP contribution in [0.15, 0.2) is 71.1 Å². The lowest BCUT2D eigenvalue weighted by atomic mass is 10.1. The molecule has 2 aromatic carbocycles. The Bertz CT molecular complexity index is 911. The minimum atomic E-state index is -3.54. The topological polar surface area (TPSA) is 66.5 Å². The van der Waals surface area contributed by atoms with E-state index in [1.165, 1.54) is 4.31 Å². The van der Waals surface area contributed by atoms with Crippen molar-refractivity contribution < 1.29 is 13.2 Å². The van der Waals surface area contributed by atoms with E-state index in [4.69, 9.17) is 11.6 Å². The first kappa shape index (κ1) is 17.7. The van der Waals surface area contributed by atoms with E-state index in [9.17, 15) is 13.2 Å². The maximum absolute atomic E-state index is 12.6. The van der Waals surface area contributed by atoms with Gasteiger partial charge >= 0.3 is 0 Å². The van der Waals surface area contributed by atoms with Crippen molar-refractivity contribution in [3.05, 3.63) is 71.3 Å². The number of halogens is 1. The molecule has 0 radical (unpaired) electrons. The Kier molecular flexibility index (Phi) is 5.22. The summed E-state index contributed by atoms with van der Waals surface area (Å²) in [5, 5.41) is 3.22. The van der Waals surface area contributed by atoms with Crippen molar-refractivity contribution in [2.45, 2.75) is 11.3 Å². The van der Waals surface area contributed by atoms with Gasteiger partial charge in [-0.05, 0) is 30.7 Å². The number of rotatable bonds is 4. The van der Waals surface area contributed by atoms with Crippen molar-refractivity contribution in [1.29, 1.82) is 0 Å². The molecule has 1 aliphatic rings. The zero-order valence-corrected chi connectivity index (χ0v) is 14.9. The number of para-hydroxylation sites is 1. The molecule has 1 aliphatic heterocycles. The lowest BCUT2D eigenvalue weighted by Gasteiger charge is -2.25. The van der Waals surface area contributed by atoms with Gasteiger partial charge in [-0.1, -0.05) is 48.0 Å². The van der Waals surface area contributed by atoms with Gasteiger partial charge in [0, 0.05) is 18.7 Å². The second-order valence-corrected chi connectivity index (χ2v) is 7.93. The number of sulfonamides is 1. The largest absolute Gasteiger partial charge is 0.321 e. The van der Waals surface area contributed by atoms with Crippen LogP contribution in [-0.2, 0) is 14.8 Å². The van der Waals surface area contributed by atoms with Gasteiger partial charge in [0.2, 0.25) is 10.0 Å². The molecule has 1 heterocycles. The highest BCUT2D eigenvalue weighted by molar-refractivity contribution is 7.89. The summed E-state index contributed by atoms with van der Waals surface area (Å²) in [7, 11) is -3.54. The van der Waals surface area contributed by atoms with Crippen LogP contribution in [0.3, 0.4) is 0 Å². The molecular weight excluding hydrogens is 360 g/mol. The van der Waals surface area contributed by atoms with E-state index < -0.39 is 10.0 Å². The molecule has 5 nitrogen and oxygen atoms in total. The predicted molar refractivity (Wildman–Crippen MR) is 98.0 cm³/mol. The maximum atomic E-state index is 12.6. The van der Waals surface area contributed by atoms with Crippen molar-refractivity contribution in [2.75, 3.05) is 18.4 Å². The van der Waals surface area contributed by atoms with Crippen LogP contribution >= 0.6 is 11.6 Å². The molecule has 25 heavy (non-hydrogen) atoms. The van der Waals surface area contributed by atoms with Gasteiger partial charge in [-0.3, -0.25) is 4.79 Å². The SMILES string of the molecule is O=C(Nc1ccccc1Cl)C1=CCN(S(=O)(=O)c2ccccc2)CC1. The smallest absolute Gasteiger partial charge is 0.251 e. The molecule has 0 spiro atoms. The zero-order chi connectivity index (χ0) is 17.9. The molecule has 0 saturated heterocycles. The lowest BCUT2D eigenvalue weighted by molar-refractivity contribution is -0.113. The molecule has 1 amide bonds. The normalized spacial score (nSPS) is 15.5. The second kappa shape index (κ2) is 7.39. The van der Waals surface area contributed by atoms with E-state index in [1.807, 2.05) is 0 Å². The van der Waals surface area contributed by atoms with Gasteiger partial charge < -0.3 is 5.32 Å². The molecule has 130 valence electrons. The lowest BCUT2D eigenvalue weighted by Crippen LogP contribution is -2.36. The minimum absolute atomic E-state index is 0.169. The fourth-order valence-electron chi connectivity index (χ4n) is 2.58. The molecule has 0 unspecified atom stereocenters. The van der Waals surface area contributed by atoms with Crippen LogP contribution in [0.5, 0.6) is 0 Å². The molecular formula is C18H17ClN2O3S. The van der Waals surface area contributed by atoms with Crippen LogP contribution in [0.25, 0.3) is 0 Å². The summed E-state index contributed by atoms with van der Waals surface area (Å²) in [5.41, 5.74) is 1.09. The Labute approximate surface area is 152 Å². The fraction of sp³-hybridized carbons (Fsp3) is 0.167. The van der Waals surface area contributed by atoms with Crippen molar-refractivity contribution in [3.63, 3.8) is 0 Å². The van der Waals surface area contributed by atoms with Gasteiger partial charge in [0.15, 0.2) is 0 Å². The Morgan fingerprint density at radius 2 is 1.72 bits per heavy atom. The maximum Gasteiger partial charge on any atom is 0.251 e. The average molecular weight is 377 g/mol. The minimum Gasteiger partial charge on any atom is -0.321 e. The monoisotopic (exact) mass is 376 g/mol. The Morgan fingerprint density at radius 3 is 2.36 bits per heavy atom. The summed E-state index contributed by atoms with van der Waals surface area (Å²) in [5.74, 6) is -0.259. The van der Waals surface area contributed by atoms with E-state index >= 15 is 0 Å². The van der Waals surface area contributed by atoms with Crippen LogP contribution in [-0.4, -0.2) is 31.7 Å². The van der Waals surface area contributed by atoms with Crippen molar-refractivity contribution in [1.82, 2.24) is 4.31 Å². The van der Waals surface area contributed by atoms with Crippen molar-refractivity contribution in [3.8, 4) is 0 Å². The van der Waals surface area contributed by atoms with Crippen LogP contribution in [0.4, 0.5) is 5.69 Å². The van der Waals surface area contributed by atoms with E-state index in [2.05, 4.69) is 5.32 Å². The first-order valence-corrected chi connectivity index (χ1v) is 9.60. The first-order valence-electron chi connectivity index (χ1n) is 7.78. The second-order valence-electron chi connectivity index (χ2n) is 5.59. The van der Waals surface area contributed by atoms with Gasteiger partial charge in [-0.15, -0.1) is 0 Å². The van der Waals surface area contributed by atoms with Crippen LogP contribution < -0.4 is 5.32 Å². The highest BCUT2D eigenvalue weighted by atomic mass is 35.5. The highest BCUT2D eigenvalue weighted by Crippen LogP contribution is 2.24. The fourth-order valence-corrected chi connectivity index (χ4v) is 4.17. The summed E-state index contributed by atoms with van der Waals surface area (Å²) in [6.07, 6.45) is 2.00. The van der Waals surface area contributed by atoms with Gasteiger partial charge in [0.25, 0.3) is 5.91 Å². The van der Waals surface area contributed by atoms with E-state index in [0.717, 1.165) is 0 Å². The molecule has 0 atom stereocenters. The molecule has 7 heteroatoms. The molecule has 0 fully saturated rings. The number of hydrogen-bond donors (Lipinski definition) is 1. The third-order valence-electron chi connectivity index (χ3n) is 3.97. The number of carbonyl (C=O) groups is 1. The van der Waals surface area contributed by atoms with Gasteiger partial charge in [0.05, 0.1) is 15.6 Å². The number of benzene rings is 2. The molecule has 0 saturated carbocycles. The standard InChI is InChI=1S/C18H17ClN2O3S/c19-16-8-4-5-9-17(16)20-18(22)14-10-12-21(13-11-14)25(23,24)15-6-2-1-3-7-15/h1-10H,11-13H2,(H,20,22). The van der Waals surface area contributed by atoms with Crippen LogP contribution in [0.1, 0.15) is 6.42 Å². The van der Waals surface area contributed by atoms with Crippen molar-refractivity contribution in [2.24, 2.45) is 0 Å². The number of hydrogen-bond acceptors (Lipinski definition) is 3. The number of amides is 1. The van der Waals surface area contributed by atoms with E-state index in [-0.39, 0.29) is 23.9 Å². The zero-order valence-electron chi connectivity index (χ0n) is 13.4. The number of nitrogens with one attached hydrogen (secondary N) is 1. The summed E-state index contributed by atoms with van der Waals surface area (Å²) < 4.78 is 26.5. The number of nitrogens with zero attached hydrogens (tertiary/aromatic N) is 1. The quantitative estimate of drug-likeness (QED) is 0.890. The van der Waals surface area contributed by atoms with E-state index in [0.29, 0.717) is 22.7 Å². The number of carbonyl (C=O) groups excluding carboxylic acids is 1. The third kappa shape index (κ3) is 3.92. The third-order valence-corrected chi connectivity index (χ3v) is 6.18.